The number of anilines is 2. The molecule has 4 rings (SSSR count). The van der Waals surface area contributed by atoms with Gasteiger partial charge in [-0.15, -0.1) is 0 Å². The summed E-state index contributed by atoms with van der Waals surface area (Å²) in [4.78, 5) is 18.0. The fourth-order valence-corrected chi connectivity index (χ4v) is 3.55. The van der Waals surface area contributed by atoms with Gasteiger partial charge in [-0.1, -0.05) is 5.11 Å². The molecule has 0 saturated carbocycles. The molecule has 0 radical (unpaired) electrons. The lowest BCUT2D eigenvalue weighted by atomic mass is 10.2. The number of cyclic esters (lactones) is 1. The number of morpholine rings is 1. The maximum absolute atomic E-state index is 14.6. The molecule has 0 aliphatic carbocycles. The number of ether oxygens (including phenoxy) is 2. The van der Waals surface area contributed by atoms with Crippen molar-refractivity contribution in [2.45, 2.75) is 24.7 Å². The molecule has 0 spiro atoms. The van der Waals surface area contributed by atoms with Crippen LogP contribution in [-0.2, 0) is 9.47 Å². The molecule has 2 bridgehead atoms. The molecule has 0 unspecified atom stereocenters. The molecule has 8 nitrogen and oxygen atoms in total. The van der Waals surface area contributed by atoms with E-state index in [1.54, 1.807) is 12.1 Å². The van der Waals surface area contributed by atoms with Crippen LogP contribution in [0, 0.1) is 5.82 Å². The molecule has 126 valence electrons. The van der Waals surface area contributed by atoms with Crippen LogP contribution in [0.2, 0.25) is 0 Å². The summed E-state index contributed by atoms with van der Waals surface area (Å²) in [6.07, 6.45) is 0.0430. The van der Waals surface area contributed by atoms with Crippen molar-refractivity contribution in [1.29, 1.82) is 0 Å². The first-order valence-electron chi connectivity index (χ1n) is 7.82. The van der Waals surface area contributed by atoms with Crippen molar-refractivity contribution < 1.29 is 18.7 Å². The number of benzene rings is 1. The highest BCUT2D eigenvalue weighted by molar-refractivity contribution is 5.90. The monoisotopic (exact) mass is 333 g/mol. The fraction of sp³-hybridized carbons (Fsp3) is 0.533. The van der Waals surface area contributed by atoms with Gasteiger partial charge < -0.3 is 14.4 Å². The Balaban J connectivity index is 1.52. The third-order valence-electron chi connectivity index (χ3n) is 4.68. The van der Waals surface area contributed by atoms with E-state index in [4.69, 9.17) is 15.0 Å². The number of hydrogen-bond donors (Lipinski definition) is 0. The molecule has 24 heavy (non-hydrogen) atoms. The zero-order valence-corrected chi connectivity index (χ0v) is 12.8. The third-order valence-corrected chi connectivity index (χ3v) is 4.68. The lowest BCUT2D eigenvalue weighted by Crippen LogP contribution is -2.37. The molecule has 0 aromatic heterocycles. The number of rotatable bonds is 4. The number of carbonyl (C=O) groups is 1. The number of carbonyl (C=O) groups excluding carboxylic acids is 1. The van der Waals surface area contributed by atoms with Crippen LogP contribution in [0.1, 0.15) is 6.42 Å². The summed E-state index contributed by atoms with van der Waals surface area (Å²) in [5, 5.41) is 3.41. The van der Waals surface area contributed by atoms with Crippen LogP contribution < -0.4 is 9.80 Å². The van der Waals surface area contributed by atoms with Crippen molar-refractivity contribution in [2.75, 3.05) is 36.0 Å². The Morgan fingerprint density at radius 1 is 1.42 bits per heavy atom. The van der Waals surface area contributed by atoms with Gasteiger partial charge in [0.15, 0.2) is 0 Å². The number of halogens is 1. The Morgan fingerprint density at radius 2 is 2.29 bits per heavy atom. The van der Waals surface area contributed by atoms with Gasteiger partial charge in [0.2, 0.25) is 0 Å². The Bertz CT molecular complexity index is 723. The molecule has 3 saturated heterocycles. The molecule has 3 aliphatic rings. The molecule has 3 fully saturated rings. The van der Waals surface area contributed by atoms with Gasteiger partial charge in [0.25, 0.3) is 0 Å². The van der Waals surface area contributed by atoms with Crippen molar-refractivity contribution in [1.82, 2.24) is 0 Å². The van der Waals surface area contributed by atoms with E-state index in [1.165, 1.54) is 11.0 Å². The molecule has 9 heteroatoms. The summed E-state index contributed by atoms with van der Waals surface area (Å²) < 4.78 is 25.2. The smallest absolute Gasteiger partial charge is 0.414 e. The number of fused-ring (bicyclic) bond motifs is 2. The Kier molecular flexibility index (Phi) is 3.66. The van der Waals surface area contributed by atoms with Crippen LogP contribution in [0.5, 0.6) is 0 Å². The van der Waals surface area contributed by atoms with Crippen LogP contribution in [-0.4, -0.2) is 50.6 Å². The molecule has 3 aliphatic heterocycles. The van der Waals surface area contributed by atoms with E-state index >= 15 is 0 Å². The van der Waals surface area contributed by atoms with Crippen LogP contribution in [0.25, 0.3) is 10.4 Å². The highest BCUT2D eigenvalue weighted by atomic mass is 19.1. The van der Waals surface area contributed by atoms with E-state index in [2.05, 4.69) is 10.0 Å². The van der Waals surface area contributed by atoms with Crippen LogP contribution in [0.4, 0.5) is 20.6 Å². The van der Waals surface area contributed by atoms with Crippen LogP contribution >= 0.6 is 0 Å². The second-order valence-corrected chi connectivity index (χ2v) is 6.16. The molecule has 1 aromatic rings. The predicted molar refractivity (Wildman–Crippen MR) is 83.5 cm³/mol. The Hall–Kier alpha value is -2.51. The minimum atomic E-state index is -0.561. The lowest BCUT2D eigenvalue weighted by Gasteiger charge is -2.29. The second kappa shape index (κ2) is 5.85. The minimum absolute atomic E-state index is 0.0656. The van der Waals surface area contributed by atoms with Gasteiger partial charge in [-0.05, 0) is 30.2 Å². The molecular formula is C15H16FN5O3. The van der Waals surface area contributed by atoms with Gasteiger partial charge in [0, 0.05) is 11.5 Å². The maximum atomic E-state index is 14.6. The van der Waals surface area contributed by atoms with Gasteiger partial charge >= 0.3 is 6.09 Å². The van der Waals surface area contributed by atoms with Crippen LogP contribution in [0.15, 0.2) is 23.3 Å². The summed E-state index contributed by atoms with van der Waals surface area (Å²) in [7, 11) is 0. The molecule has 1 aromatic carbocycles. The first-order valence-corrected chi connectivity index (χ1v) is 7.82. The number of amides is 1. The summed E-state index contributed by atoms with van der Waals surface area (Å²) in [6.45, 7) is 1.63. The Morgan fingerprint density at radius 3 is 2.96 bits per heavy atom. The standard InChI is InChI=1S/C15H16FN5O3/c16-13-4-9(21-7-12(5-18-19-17)24-15(21)22)1-2-14(13)20-6-11-3-10(20)8-23-11/h1-2,4,10-12H,3,5-8H2/t10-,11-,12-/m0/s1. The van der Waals surface area contributed by atoms with Crippen molar-refractivity contribution in [3.05, 3.63) is 34.5 Å². The fourth-order valence-electron chi connectivity index (χ4n) is 3.55. The summed E-state index contributed by atoms with van der Waals surface area (Å²) >= 11 is 0. The van der Waals surface area contributed by atoms with E-state index < -0.39 is 12.2 Å². The van der Waals surface area contributed by atoms with Crippen molar-refractivity contribution in [2.24, 2.45) is 5.11 Å². The van der Waals surface area contributed by atoms with Crippen molar-refractivity contribution in [3.8, 4) is 0 Å². The first-order chi connectivity index (χ1) is 11.7. The number of nitrogens with zero attached hydrogens (tertiary/aromatic N) is 5. The van der Waals surface area contributed by atoms with Gasteiger partial charge in [-0.2, -0.15) is 0 Å². The molecule has 3 atom stereocenters. The van der Waals surface area contributed by atoms with E-state index in [0.717, 1.165) is 6.42 Å². The molecular weight excluding hydrogens is 317 g/mol. The number of hydrogen-bond acceptors (Lipinski definition) is 5. The van der Waals surface area contributed by atoms with E-state index in [0.29, 0.717) is 24.5 Å². The SMILES string of the molecule is [N-]=[N+]=NC[C@H]1CN(c2ccc(N3C[C@@H]4C[C@H]3CO4)c(F)c2)C(=O)O1. The van der Waals surface area contributed by atoms with E-state index in [1.807, 2.05) is 4.90 Å². The van der Waals surface area contributed by atoms with Gasteiger partial charge in [-0.3, -0.25) is 4.90 Å². The molecule has 1 amide bonds. The zero-order chi connectivity index (χ0) is 16.7. The highest BCUT2D eigenvalue weighted by Crippen LogP contribution is 2.35. The third kappa shape index (κ3) is 2.51. The van der Waals surface area contributed by atoms with Crippen molar-refractivity contribution >= 4 is 17.5 Å². The zero-order valence-electron chi connectivity index (χ0n) is 12.8. The topological polar surface area (TPSA) is 90.8 Å². The average molecular weight is 333 g/mol. The largest absolute Gasteiger partial charge is 0.444 e. The molecule has 0 N–H and O–H groups in total. The van der Waals surface area contributed by atoms with Gasteiger partial charge in [0.05, 0.1) is 43.2 Å². The van der Waals surface area contributed by atoms with E-state index in [9.17, 15) is 9.18 Å². The van der Waals surface area contributed by atoms with E-state index in [-0.39, 0.29) is 31.1 Å². The normalized spacial score (nSPS) is 28.2. The van der Waals surface area contributed by atoms with Gasteiger partial charge in [0.1, 0.15) is 11.9 Å². The maximum Gasteiger partial charge on any atom is 0.414 e. The summed E-state index contributed by atoms with van der Waals surface area (Å²) in [5.41, 5.74) is 9.30. The Labute approximate surface area is 137 Å². The lowest BCUT2D eigenvalue weighted by molar-refractivity contribution is 0.0989. The highest BCUT2D eigenvalue weighted by Gasteiger charge is 2.40. The van der Waals surface area contributed by atoms with Crippen molar-refractivity contribution in [3.63, 3.8) is 0 Å². The summed E-state index contributed by atoms with van der Waals surface area (Å²) in [5.74, 6) is -0.369. The summed E-state index contributed by atoms with van der Waals surface area (Å²) in [6, 6.07) is 4.97. The second-order valence-electron chi connectivity index (χ2n) is 6.16. The number of azide groups is 1. The van der Waals surface area contributed by atoms with Crippen LogP contribution in [0.3, 0.4) is 0 Å². The average Bonchev–Trinajstić information content (AvgIpc) is 3.28. The predicted octanol–water partition coefficient (Wildman–Crippen LogP) is 2.44. The van der Waals surface area contributed by atoms with Gasteiger partial charge in [-0.25, -0.2) is 9.18 Å². The molecule has 3 heterocycles. The first kappa shape index (κ1) is 15.0. The quantitative estimate of drug-likeness (QED) is 0.481. The minimum Gasteiger partial charge on any atom is -0.444 e.